The minimum Gasteiger partial charge on any atom is -0.382 e. The Balaban J connectivity index is 0.00000400. The molecule has 0 atom stereocenters. The average Bonchev–Trinajstić information content (AvgIpc) is 2.48. The van der Waals surface area contributed by atoms with Crippen LogP contribution in [0.25, 0.3) is 0 Å². The zero-order valence-corrected chi connectivity index (χ0v) is 16.0. The summed E-state index contributed by atoms with van der Waals surface area (Å²) in [6, 6.07) is 0. The Morgan fingerprint density at radius 1 is 1.14 bits per heavy atom. The van der Waals surface area contributed by atoms with Crippen molar-refractivity contribution in [2.45, 2.75) is 39.5 Å². The SMILES string of the molecule is CCNC(=NCCCOCC)NCCN1CCCCC1.I. The smallest absolute Gasteiger partial charge is 0.191 e. The predicted molar refractivity (Wildman–Crippen MR) is 101 cm³/mol. The second-order valence-corrected chi connectivity index (χ2v) is 5.14. The third kappa shape index (κ3) is 11.2. The van der Waals surface area contributed by atoms with E-state index in [1.54, 1.807) is 0 Å². The molecule has 0 unspecified atom stereocenters. The molecule has 0 bridgehead atoms. The van der Waals surface area contributed by atoms with Gasteiger partial charge in [0.15, 0.2) is 5.96 Å². The van der Waals surface area contributed by atoms with Gasteiger partial charge in [0, 0.05) is 39.4 Å². The van der Waals surface area contributed by atoms with E-state index in [4.69, 9.17) is 4.74 Å². The summed E-state index contributed by atoms with van der Waals surface area (Å²) in [5.74, 6) is 0.931. The number of halogens is 1. The quantitative estimate of drug-likeness (QED) is 0.264. The highest BCUT2D eigenvalue weighted by molar-refractivity contribution is 14.0. The zero-order chi connectivity index (χ0) is 14.5. The van der Waals surface area contributed by atoms with Crippen molar-refractivity contribution in [3.63, 3.8) is 0 Å². The maximum absolute atomic E-state index is 5.32. The van der Waals surface area contributed by atoms with Crippen molar-refractivity contribution in [3.05, 3.63) is 0 Å². The molecule has 6 heteroatoms. The highest BCUT2D eigenvalue weighted by Crippen LogP contribution is 2.07. The van der Waals surface area contributed by atoms with Crippen molar-refractivity contribution >= 4 is 29.9 Å². The van der Waals surface area contributed by atoms with Crippen molar-refractivity contribution in [2.75, 3.05) is 52.5 Å². The Hall–Kier alpha value is -0.0800. The minimum absolute atomic E-state index is 0. The Kier molecular flexibility index (Phi) is 14.8. The van der Waals surface area contributed by atoms with Crippen molar-refractivity contribution < 1.29 is 4.74 Å². The van der Waals surface area contributed by atoms with Crippen LogP contribution in [0.3, 0.4) is 0 Å². The van der Waals surface area contributed by atoms with E-state index < -0.39 is 0 Å². The second kappa shape index (κ2) is 14.8. The van der Waals surface area contributed by atoms with E-state index in [-0.39, 0.29) is 24.0 Å². The maximum Gasteiger partial charge on any atom is 0.191 e. The van der Waals surface area contributed by atoms with Gasteiger partial charge in [-0.3, -0.25) is 4.99 Å². The normalized spacial score (nSPS) is 16.4. The molecule has 1 aliphatic rings. The first kappa shape index (κ1) is 20.9. The molecular weight excluding hydrogens is 379 g/mol. The molecule has 1 aliphatic heterocycles. The molecule has 0 aromatic carbocycles. The first-order valence-electron chi connectivity index (χ1n) is 8.19. The number of rotatable bonds is 9. The Labute approximate surface area is 147 Å². The van der Waals surface area contributed by atoms with E-state index in [1.807, 2.05) is 6.92 Å². The van der Waals surface area contributed by atoms with Gasteiger partial charge in [-0.2, -0.15) is 0 Å². The molecule has 0 radical (unpaired) electrons. The molecule has 126 valence electrons. The Morgan fingerprint density at radius 3 is 2.57 bits per heavy atom. The molecule has 1 heterocycles. The number of guanidine groups is 1. The number of hydrogen-bond donors (Lipinski definition) is 2. The monoisotopic (exact) mass is 412 g/mol. The highest BCUT2D eigenvalue weighted by Gasteiger charge is 2.09. The fourth-order valence-electron chi connectivity index (χ4n) is 2.36. The van der Waals surface area contributed by atoms with Gasteiger partial charge >= 0.3 is 0 Å². The molecule has 0 saturated carbocycles. The van der Waals surface area contributed by atoms with Gasteiger partial charge in [-0.15, -0.1) is 24.0 Å². The molecule has 0 aromatic rings. The molecule has 0 aliphatic carbocycles. The lowest BCUT2D eigenvalue weighted by Crippen LogP contribution is -2.42. The van der Waals surface area contributed by atoms with Gasteiger partial charge in [0.05, 0.1) is 0 Å². The predicted octanol–water partition coefficient (Wildman–Crippen LogP) is 2.07. The third-order valence-corrected chi connectivity index (χ3v) is 3.43. The minimum atomic E-state index is 0. The molecule has 21 heavy (non-hydrogen) atoms. The Bertz CT molecular complexity index is 258. The van der Waals surface area contributed by atoms with Gasteiger partial charge in [-0.1, -0.05) is 6.42 Å². The topological polar surface area (TPSA) is 48.9 Å². The van der Waals surface area contributed by atoms with E-state index >= 15 is 0 Å². The number of hydrogen-bond acceptors (Lipinski definition) is 3. The molecule has 0 aromatic heterocycles. The van der Waals surface area contributed by atoms with E-state index in [9.17, 15) is 0 Å². The first-order valence-corrected chi connectivity index (χ1v) is 8.19. The van der Waals surface area contributed by atoms with Crippen LogP contribution in [0.2, 0.25) is 0 Å². The van der Waals surface area contributed by atoms with Crippen molar-refractivity contribution in [1.29, 1.82) is 0 Å². The lowest BCUT2D eigenvalue weighted by Gasteiger charge is -2.26. The van der Waals surface area contributed by atoms with E-state index in [0.717, 1.165) is 51.8 Å². The van der Waals surface area contributed by atoms with Gasteiger partial charge in [0.1, 0.15) is 0 Å². The van der Waals surface area contributed by atoms with Crippen molar-refractivity contribution in [2.24, 2.45) is 4.99 Å². The second-order valence-electron chi connectivity index (χ2n) is 5.14. The fourth-order valence-corrected chi connectivity index (χ4v) is 2.36. The van der Waals surface area contributed by atoms with E-state index in [1.165, 1.54) is 32.4 Å². The number of nitrogens with one attached hydrogen (secondary N) is 2. The van der Waals surface area contributed by atoms with E-state index in [2.05, 4.69) is 27.4 Å². The van der Waals surface area contributed by atoms with Crippen LogP contribution in [0, 0.1) is 0 Å². The molecule has 0 amide bonds. The Morgan fingerprint density at radius 2 is 1.90 bits per heavy atom. The van der Waals surface area contributed by atoms with Crippen molar-refractivity contribution in [1.82, 2.24) is 15.5 Å². The summed E-state index contributed by atoms with van der Waals surface area (Å²) >= 11 is 0. The molecular formula is C15H33IN4O. The molecule has 5 nitrogen and oxygen atoms in total. The van der Waals surface area contributed by atoms with Gasteiger partial charge < -0.3 is 20.3 Å². The largest absolute Gasteiger partial charge is 0.382 e. The average molecular weight is 412 g/mol. The summed E-state index contributed by atoms with van der Waals surface area (Å²) in [5.41, 5.74) is 0. The summed E-state index contributed by atoms with van der Waals surface area (Å²) in [4.78, 5) is 7.10. The molecule has 0 spiro atoms. The van der Waals surface area contributed by atoms with Crippen LogP contribution in [0.5, 0.6) is 0 Å². The molecule has 1 saturated heterocycles. The molecule has 1 rings (SSSR count). The summed E-state index contributed by atoms with van der Waals surface area (Å²) < 4.78 is 5.32. The summed E-state index contributed by atoms with van der Waals surface area (Å²) in [5, 5.41) is 6.71. The number of ether oxygens (including phenoxy) is 1. The number of piperidine rings is 1. The molecule has 2 N–H and O–H groups in total. The lowest BCUT2D eigenvalue weighted by molar-refractivity contribution is 0.146. The van der Waals surface area contributed by atoms with Gasteiger partial charge in [0.2, 0.25) is 0 Å². The lowest BCUT2D eigenvalue weighted by atomic mass is 10.1. The van der Waals surface area contributed by atoms with Crippen LogP contribution in [-0.2, 0) is 4.74 Å². The highest BCUT2D eigenvalue weighted by atomic mass is 127. The van der Waals surface area contributed by atoms with Crippen LogP contribution in [-0.4, -0.2) is 63.3 Å². The fraction of sp³-hybridized carbons (Fsp3) is 0.933. The third-order valence-electron chi connectivity index (χ3n) is 3.43. The summed E-state index contributed by atoms with van der Waals surface area (Å²) in [6.45, 7) is 12.0. The summed E-state index contributed by atoms with van der Waals surface area (Å²) in [6.07, 6.45) is 5.08. The van der Waals surface area contributed by atoms with Crippen LogP contribution in [0.15, 0.2) is 4.99 Å². The number of likely N-dealkylation sites (tertiary alicyclic amines) is 1. The maximum atomic E-state index is 5.32. The molecule has 1 fully saturated rings. The zero-order valence-electron chi connectivity index (χ0n) is 13.7. The van der Waals surface area contributed by atoms with Gasteiger partial charge in [0.25, 0.3) is 0 Å². The van der Waals surface area contributed by atoms with Crippen LogP contribution < -0.4 is 10.6 Å². The van der Waals surface area contributed by atoms with Gasteiger partial charge in [-0.05, 0) is 46.2 Å². The van der Waals surface area contributed by atoms with E-state index in [0.29, 0.717) is 0 Å². The number of nitrogens with zero attached hydrogens (tertiary/aromatic N) is 2. The first-order chi connectivity index (χ1) is 9.86. The van der Waals surface area contributed by atoms with Crippen LogP contribution >= 0.6 is 24.0 Å². The van der Waals surface area contributed by atoms with Crippen molar-refractivity contribution in [3.8, 4) is 0 Å². The summed E-state index contributed by atoms with van der Waals surface area (Å²) in [7, 11) is 0. The van der Waals surface area contributed by atoms with Crippen LogP contribution in [0.1, 0.15) is 39.5 Å². The van der Waals surface area contributed by atoms with Crippen LogP contribution in [0.4, 0.5) is 0 Å². The number of aliphatic imine (C=N–C) groups is 1. The standard InChI is InChI=1S/C15H32N4O.HI/c1-3-16-15(17-9-8-14-20-4-2)18-10-13-19-11-6-5-7-12-19;/h3-14H2,1-2H3,(H2,16,17,18);1H. The van der Waals surface area contributed by atoms with Gasteiger partial charge in [-0.25, -0.2) is 0 Å².